The largest absolute Gasteiger partial charge is 0.503 e. The maximum absolute atomic E-state index is 13.7. The van der Waals surface area contributed by atoms with E-state index in [-0.39, 0.29) is 27.9 Å². The van der Waals surface area contributed by atoms with Crippen LogP contribution < -0.4 is 9.64 Å². The third kappa shape index (κ3) is 3.79. The Morgan fingerprint density at radius 1 is 1.03 bits per heavy atom. The molecule has 0 saturated heterocycles. The van der Waals surface area contributed by atoms with Crippen molar-refractivity contribution in [3.05, 3.63) is 99.4 Å². The highest BCUT2D eigenvalue weighted by Crippen LogP contribution is 2.46. The molecule has 2 heterocycles. The van der Waals surface area contributed by atoms with Crippen LogP contribution in [0.15, 0.2) is 82.5 Å². The quantitative estimate of drug-likeness (QED) is 0.309. The molecule has 4 aromatic rings. The minimum atomic E-state index is -1.08. The number of phenolic OH excluding ortho intramolecular Hbond substituents is 1. The number of carbonyl (C=O) groups is 2. The molecule has 0 saturated carbocycles. The molecule has 3 aromatic carbocycles. The fourth-order valence-electron chi connectivity index (χ4n) is 4.17. The number of carbonyl (C=O) groups excluding carboxylic acids is 2. The van der Waals surface area contributed by atoms with Gasteiger partial charge < -0.3 is 19.4 Å². The number of aliphatic hydroxyl groups is 1. The van der Waals surface area contributed by atoms with Crippen molar-refractivity contribution in [2.75, 3.05) is 12.0 Å². The number of phenols is 1. The molecule has 7 nitrogen and oxygen atoms in total. The molecule has 0 aliphatic carbocycles. The van der Waals surface area contributed by atoms with E-state index in [1.807, 2.05) is 0 Å². The Bertz CT molecular complexity index is 1530. The molecule has 1 aromatic heterocycles. The Labute approximate surface area is 209 Å². The second kappa shape index (κ2) is 8.69. The fourth-order valence-corrected chi connectivity index (χ4v) is 4.57. The van der Waals surface area contributed by atoms with Crippen molar-refractivity contribution >= 4 is 51.5 Å². The van der Waals surface area contributed by atoms with Crippen LogP contribution in [-0.4, -0.2) is 29.0 Å². The molecule has 0 bridgehead atoms. The minimum absolute atomic E-state index is 0.0450. The third-order valence-corrected chi connectivity index (χ3v) is 6.30. The van der Waals surface area contributed by atoms with Gasteiger partial charge in [0.25, 0.3) is 5.91 Å². The lowest BCUT2D eigenvalue weighted by molar-refractivity contribution is -0.117. The molecular weight excluding hydrogens is 493 g/mol. The van der Waals surface area contributed by atoms with E-state index in [4.69, 9.17) is 32.4 Å². The number of hydrogen-bond acceptors (Lipinski definition) is 6. The molecule has 0 fully saturated rings. The number of nitrogens with zero attached hydrogens (tertiary/aromatic N) is 1. The number of halogens is 2. The first-order chi connectivity index (χ1) is 16.8. The summed E-state index contributed by atoms with van der Waals surface area (Å²) in [5.41, 5.74) is 1.01. The summed E-state index contributed by atoms with van der Waals surface area (Å²) in [7, 11) is 1.35. The summed E-state index contributed by atoms with van der Waals surface area (Å²) in [5.74, 6) is -2.49. The fraction of sp³-hybridized carbons (Fsp3) is 0.0769. The van der Waals surface area contributed by atoms with E-state index < -0.39 is 23.5 Å². The summed E-state index contributed by atoms with van der Waals surface area (Å²) < 4.78 is 10.9. The summed E-state index contributed by atoms with van der Waals surface area (Å²) in [4.78, 5) is 28.2. The van der Waals surface area contributed by atoms with E-state index in [1.54, 1.807) is 48.5 Å². The number of aromatic hydroxyl groups is 1. The van der Waals surface area contributed by atoms with Crippen molar-refractivity contribution in [1.82, 2.24) is 0 Å². The molecule has 1 atom stereocenters. The Kier molecular flexibility index (Phi) is 5.67. The van der Waals surface area contributed by atoms with E-state index in [2.05, 4.69) is 0 Å². The zero-order valence-corrected chi connectivity index (χ0v) is 19.7. The van der Waals surface area contributed by atoms with E-state index in [0.717, 1.165) is 0 Å². The molecule has 1 unspecified atom stereocenters. The van der Waals surface area contributed by atoms with Crippen LogP contribution in [0.4, 0.5) is 5.69 Å². The van der Waals surface area contributed by atoms with E-state index >= 15 is 0 Å². The lowest BCUT2D eigenvalue weighted by Crippen LogP contribution is -2.31. The number of rotatable bonds is 5. The van der Waals surface area contributed by atoms with Crippen molar-refractivity contribution in [3.8, 4) is 11.5 Å². The standard InChI is InChI=1S/C26H17Cl2NO6/c1-34-19-12-14(10-17(28)23(19)30)22-21(25(32)26(33)29(22)16-5-3-2-4-6-16)24(31)20-11-13-9-15(27)7-8-18(13)35-20/h2-12,22,30,32H,1H3. The molecule has 1 aliphatic heterocycles. The molecular formula is C26H17Cl2NO6. The van der Waals surface area contributed by atoms with Crippen LogP contribution in [0.2, 0.25) is 10.0 Å². The van der Waals surface area contributed by atoms with Crippen LogP contribution in [0.5, 0.6) is 11.5 Å². The summed E-state index contributed by atoms with van der Waals surface area (Å²) >= 11 is 12.3. The molecule has 176 valence electrons. The predicted octanol–water partition coefficient (Wildman–Crippen LogP) is 6.24. The van der Waals surface area contributed by atoms with Crippen LogP contribution in [-0.2, 0) is 4.79 Å². The SMILES string of the molecule is COc1cc(C2C(C(=O)c3cc4cc(Cl)ccc4o3)=C(O)C(=O)N2c2ccccc2)cc(Cl)c1O. The first kappa shape index (κ1) is 22.8. The van der Waals surface area contributed by atoms with Gasteiger partial charge in [0.05, 0.1) is 23.7 Å². The lowest BCUT2D eigenvalue weighted by atomic mass is 9.94. The van der Waals surface area contributed by atoms with Crippen LogP contribution >= 0.6 is 23.2 Å². The smallest absolute Gasteiger partial charge is 0.294 e. The number of aliphatic hydroxyl groups excluding tert-OH is 1. The molecule has 5 rings (SSSR count). The van der Waals surface area contributed by atoms with Crippen LogP contribution in [0, 0.1) is 0 Å². The van der Waals surface area contributed by atoms with E-state index in [9.17, 15) is 19.8 Å². The topological polar surface area (TPSA) is 100 Å². The monoisotopic (exact) mass is 509 g/mol. The van der Waals surface area contributed by atoms with Gasteiger partial charge in [0.15, 0.2) is 23.0 Å². The molecule has 1 aliphatic rings. The molecule has 9 heteroatoms. The van der Waals surface area contributed by atoms with E-state index in [1.165, 1.54) is 30.2 Å². The zero-order valence-electron chi connectivity index (χ0n) is 18.2. The number of ketones is 1. The highest BCUT2D eigenvalue weighted by atomic mass is 35.5. The van der Waals surface area contributed by atoms with Crippen LogP contribution in [0.25, 0.3) is 11.0 Å². The maximum Gasteiger partial charge on any atom is 0.294 e. The summed E-state index contributed by atoms with van der Waals surface area (Å²) in [6.45, 7) is 0. The molecule has 35 heavy (non-hydrogen) atoms. The first-order valence-electron chi connectivity index (χ1n) is 10.4. The van der Waals surface area contributed by atoms with Crippen molar-refractivity contribution in [2.45, 2.75) is 6.04 Å². The van der Waals surface area contributed by atoms with Gasteiger partial charge in [-0.15, -0.1) is 0 Å². The zero-order chi connectivity index (χ0) is 24.9. The highest BCUT2D eigenvalue weighted by molar-refractivity contribution is 6.32. The third-order valence-electron chi connectivity index (χ3n) is 5.78. The molecule has 0 spiro atoms. The predicted molar refractivity (Wildman–Crippen MR) is 132 cm³/mol. The maximum atomic E-state index is 13.7. The van der Waals surface area contributed by atoms with Gasteiger partial charge in [-0.3, -0.25) is 14.5 Å². The number of hydrogen-bond donors (Lipinski definition) is 2. The van der Waals surface area contributed by atoms with Gasteiger partial charge in [-0.05, 0) is 54.1 Å². The summed E-state index contributed by atoms with van der Waals surface area (Å²) in [5, 5.41) is 22.1. The van der Waals surface area contributed by atoms with E-state index in [0.29, 0.717) is 27.2 Å². The van der Waals surface area contributed by atoms with Crippen molar-refractivity contribution < 1.29 is 29.0 Å². The lowest BCUT2D eigenvalue weighted by Gasteiger charge is -2.27. The normalized spacial score (nSPS) is 15.8. The van der Waals surface area contributed by atoms with Gasteiger partial charge in [-0.2, -0.15) is 0 Å². The number of ether oxygens (including phenoxy) is 1. The van der Waals surface area contributed by atoms with Crippen molar-refractivity contribution in [1.29, 1.82) is 0 Å². The van der Waals surface area contributed by atoms with Gasteiger partial charge in [-0.25, -0.2) is 0 Å². The number of para-hydroxylation sites is 1. The van der Waals surface area contributed by atoms with Crippen molar-refractivity contribution in [3.63, 3.8) is 0 Å². The Morgan fingerprint density at radius 3 is 2.49 bits per heavy atom. The number of amides is 1. The average molecular weight is 510 g/mol. The minimum Gasteiger partial charge on any atom is -0.503 e. The van der Waals surface area contributed by atoms with Gasteiger partial charge in [0.1, 0.15) is 5.58 Å². The van der Waals surface area contributed by atoms with Crippen molar-refractivity contribution in [2.24, 2.45) is 0 Å². The average Bonchev–Trinajstić information content (AvgIpc) is 3.39. The summed E-state index contributed by atoms with van der Waals surface area (Å²) in [6.07, 6.45) is 0. The number of benzene rings is 3. The Hall–Kier alpha value is -3.94. The van der Waals surface area contributed by atoms with Crippen LogP contribution in [0.1, 0.15) is 22.2 Å². The second-order valence-corrected chi connectivity index (χ2v) is 8.69. The molecule has 2 N–H and O–H groups in total. The van der Waals surface area contributed by atoms with Crippen LogP contribution in [0.3, 0.4) is 0 Å². The van der Waals surface area contributed by atoms with Gasteiger partial charge in [0, 0.05) is 16.1 Å². The number of anilines is 1. The van der Waals surface area contributed by atoms with Gasteiger partial charge >= 0.3 is 0 Å². The summed E-state index contributed by atoms with van der Waals surface area (Å²) in [6, 6.07) is 16.8. The number of furan rings is 1. The molecule has 1 amide bonds. The highest BCUT2D eigenvalue weighted by Gasteiger charge is 2.45. The van der Waals surface area contributed by atoms with Gasteiger partial charge in [0.2, 0.25) is 5.78 Å². The second-order valence-electron chi connectivity index (χ2n) is 7.85. The molecule has 0 radical (unpaired) electrons. The first-order valence-corrected chi connectivity index (χ1v) is 11.2. The number of methoxy groups -OCH3 is 1. The number of Topliss-reactive ketones (excluding diaryl/α,β-unsaturated/α-hetero) is 1. The Morgan fingerprint density at radius 2 is 1.77 bits per heavy atom. The number of fused-ring (bicyclic) bond motifs is 1. The Balaban J connectivity index is 1.70. The van der Waals surface area contributed by atoms with Gasteiger partial charge in [-0.1, -0.05) is 41.4 Å².